The lowest BCUT2D eigenvalue weighted by Crippen LogP contribution is -2.31. The van der Waals surface area contributed by atoms with Gasteiger partial charge in [0.05, 0.1) is 5.69 Å². The van der Waals surface area contributed by atoms with Crippen molar-refractivity contribution in [2.75, 3.05) is 11.9 Å². The highest BCUT2D eigenvalue weighted by Crippen LogP contribution is 2.17. The predicted octanol–water partition coefficient (Wildman–Crippen LogP) is 2.73. The first kappa shape index (κ1) is 14.4. The zero-order valence-electron chi connectivity index (χ0n) is 9.42. The van der Waals surface area contributed by atoms with Crippen molar-refractivity contribution in [2.45, 2.75) is 19.2 Å². The van der Waals surface area contributed by atoms with Gasteiger partial charge in [0.1, 0.15) is 18.5 Å². The van der Waals surface area contributed by atoms with E-state index in [2.05, 4.69) is 10.1 Å². The Labute approximate surface area is 101 Å². The number of alkyl halides is 3. The molecule has 1 atom stereocenters. The number of anilines is 1. The molecule has 3 nitrogen and oxygen atoms in total. The third-order valence-electron chi connectivity index (χ3n) is 2.00. The quantitative estimate of drug-likeness (QED) is 0.850. The Morgan fingerprint density at radius 2 is 2.00 bits per heavy atom. The molecule has 18 heavy (non-hydrogen) atoms. The molecule has 1 N–H and O–H groups in total. The Hall–Kier alpha value is -1.63. The zero-order valence-corrected chi connectivity index (χ0v) is 9.42. The fourth-order valence-electron chi connectivity index (χ4n) is 1.09. The average Bonchev–Trinajstić information content (AvgIpc) is 2.28. The number of amides is 1. The maximum absolute atomic E-state index is 13.2. The minimum Gasteiger partial charge on any atom is -0.359 e. The van der Waals surface area contributed by atoms with Gasteiger partial charge in [-0.15, -0.1) is 0 Å². The van der Waals surface area contributed by atoms with Gasteiger partial charge in [-0.25, -0.2) is 4.39 Å². The number of hydrogen-bond donors (Lipinski definition) is 1. The van der Waals surface area contributed by atoms with Crippen LogP contribution in [0, 0.1) is 5.82 Å². The number of para-hydroxylation sites is 1. The fraction of sp³-hybridized carbons (Fsp3) is 0.364. The van der Waals surface area contributed by atoms with Gasteiger partial charge in [0.2, 0.25) is 0 Å². The molecule has 0 spiro atoms. The molecule has 1 rings (SSSR count). The Bertz CT molecular complexity index is 420. The molecule has 1 aromatic carbocycles. The summed E-state index contributed by atoms with van der Waals surface area (Å²) in [5.41, 5.74) is -0.107. The summed E-state index contributed by atoms with van der Waals surface area (Å²) in [4.78, 5) is 11.4. The Morgan fingerprint density at radius 3 is 2.56 bits per heavy atom. The van der Waals surface area contributed by atoms with Gasteiger partial charge in [-0.2, -0.15) is 13.2 Å². The number of halogens is 4. The number of carbonyl (C=O) groups is 1. The number of benzene rings is 1. The molecule has 100 valence electrons. The van der Waals surface area contributed by atoms with E-state index >= 15 is 0 Å². The van der Waals surface area contributed by atoms with Gasteiger partial charge in [-0.05, 0) is 19.1 Å². The lowest BCUT2D eigenvalue weighted by atomic mass is 10.3. The van der Waals surface area contributed by atoms with Crippen LogP contribution in [0.25, 0.3) is 0 Å². The topological polar surface area (TPSA) is 38.3 Å². The summed E-state index contributed by atoms with van der Waals surface area (Å²) in [6.07, 6.45) is -5.83. The van der Waals surface area contributed by atoms with E-state index < -0.39 is 30.6 Å². The largest absolute Gasteiger partial charge is 0.411 e. The highest BCUT2D eigenvalue weighted by molar-refractivity contribution is 5.93. The van der Waals surface area contributed by atoms with Crippen LogP contribution in [0.4, 0.5) is 23.2 Å². The van der Waals surface area contributed by atoms with E-state index in [1.807, 2.05) is 0 Å². The van der Waals surface area contributed by atoms with E-state index in [1.165, 1.54) is 18.2 Å². The highest BCUT2D eigenvalue weighted by atomic mass is 19.4. The van der Waals surface area contributed by atoms with Crippen LogP contribution in [0.5, 0.6) is 0 Å². The first-order chi connectivity index (χ1) is 8.29. The van der Waals surface area contributed by atoms with Crippen LogP contribution in [0.15, 0.2) is 24.3 Å². The second kappa shape index (κ2) is 5.81. The first-order valence-corrected chi connectivity index (χ1v) is 5.03. The SMILES string of the molecule is C[C@@H](OCC(F)(F)F)C(=O)Nc1ccccc1F. The minimum absolute atomic E-state index is 0.107. The number of carbonyl (C=O) groups excluding carboxylic acids is 1. The average molecular weight is 265 g/mol. The lowest BCUT2D eigenvalue weighted by molar-refractivity contribution is -0.184. The number of hydrogen-bond acceptors (Lipinski definition) is 2. The van der Waals surface area contributed by atoms with Crippen molar-refractivity contribution in [3.63, 3.8) is 0 Å². The van der Waals surface area contributed by atoms with Gasteiger partial charge in [0, 0.05) is 0 Å². The molecule has 0 heterocycles. The molecule has 0 aromatic heterocycles. The molecule has 0 fully saturated rings. The van der Waals surface area contributed by atoms with Crippen LogP contribution in [-0.4, -0.2) is 24.8 Å². The molecule has 0 aliphatic carbocycles. The van der Waals surface area contributed by atoms with Crippen molar-refractivity contribution in [2.24, 2.45) is 0 Å². The van der Waals surface area contributed by atoms with Crippen molar-refractivity contribution < 1.29 is 27.1 Å². The molecular formula is C11H11F4NO2. The number of nitrogens with one attached hydrogen (secondary N) is 1. The van der Waals surface area contributed by atoms with Crippen molar-refractivity contribution in [3.8, 4) is 0 Å². The molecule has 0 radical (unpaired) electrons. The van der Waals surface area contributed by atoms with Crippen LogP contribution in [0.2, 0.25) is 0 Å². The van der Waals surface area contributed by atoms with Crippen molar-refractivity contribution in [1.82, 2.24) is 0 Å². The van der Waals surface area contributed by atoms with Gasteiger partial charge in [0.25, 0.3) is 5.91 Å². The van der Waals surface area contributed by atoms with Crippen LogP contribution >= 0.6 is 0 Å². The minimum atomic E-state index is -4.51. The molecule has 0 saturated carbocycles. The Balaban J connectivity index is 2.53. The van der Waals surface area contributed by atoms with Crippen LogP contribution in [-0.2, 0) is 9.53 Å². The summed E-state index contributed by atoms with van der Waals surface area (Å²) in [7, 11) is 0. The van der Waals surface area contributed by atoms with Crippen molar-refractivity contribution in [3.05, 3.63) is 30.1 Å². The van der Waals surface area contributed by atoms with E-state index in [4.69, 9.17) is 0 Å². The van der Waals surface area contributed by atoms with Crippen molar-refractivity contribution >= 4 is 11.6 Å². The van der Waals surface area contributed by atoms with Crippen LogP contribution in [0.3, 0.4) is 0 Å². The summed E-state index contributed by atoms with van der Waals surface area (Å²) in [6, 6.07) is 5.33. The molecular weight excluding hydrogens is 254 g/mol. The second-order valence-electron chi connectivity index (χ2n) is 3.54. The maximum Gasteiger partial charge on any atom is 0.411 e. The van der Waals surface area contributed by atoms with Crippen LogP contribution in [0.1, 0.15) is 6.92 Å². The van der Waals surface area contributed by atoms with E-state index in [1.54, 1.807) is 0 Å². The van der Waals surface area contributed by atoms with Crippen molar-refractivity contribution in [1.29, 1.82) is 0 Å². The van der Waals surface area contributed by atoms with Crippen LogP contribution < -0.4 is 5.32 Å². The van der Waals surface area contributed by atoms with E-state index in [0.29, 0.717) is 0 Å². The van der Waals surface area contributed by atoms with Gasteiger partial charge in [-0.1, -0.05) is 12.1 Å². The van der Waals surface area contributed by atoms with E-state index in [9.17, 15) is 22.4 Å². The summed E-state index contributed by atoms with van der Waals surface area (Å²) in [5.74, 6) is -1.52. The molecule has 0 saturated heterocycles. The molecule has 0 unspecified atom stereocenters. The molecule has 0 bridgehead atoms. The van der Waals surface area contributed by atoms with Gasteiger partial charge in [-0.3, -0.25) is 4.79 Å². The molecule has 0 aliphatic heterocycles. The summed E-state index contributed by atoms with van der Waals surface area (Å²) in [6.45, 7) is -0.374. The fourth-order valence-corrected chi connectivity index (χ4v) is 1.09. The Kier molecular flexibility index (Phi) is 4.66. The summed E-state index contributed by atoms with van der Waals surface area (Å²) >= 11 is 0. The standard InChI is InChI=1S/C11H11F4NO2/c1-7(18-6-11(13,14)15)10(17)16-9-5-3-2-4-8(9)12/h2-5,7H,6H2,1H3,(H,16,17)/t7-/m1/s1. The zero-order chi connectivity index (χ0) is 13.8. The first-order valence-electron chi connectivity index (χ1n) is 5.03. The normalized spacial score (nSPS) is 13.2. The van der Waals surface area contributed by atoms with Gasteiger partial charge < -0.3 is 10.1 Å². The molecule has 1 amide bonds. The van der Waals surface area contributed by atoms with Gasteiger partial charge >= 0.3 is 6.18 Å². The third kappa shape index (κ3) is 4.70. The second-order valence-corrected chi connectivity index (χ2v) is 3.54. The molecule has 1 aromatic rings. The summed E-state index contributed by atoms with van der Waals surface area (Å²) < 4.78 is 53.0. The monoisotopic (exact) mass is 265 g/mol. The third-order valence-corrected chi connectivity index (χ3v) is 2.00. The predicted molar refractivity (Wildman–Crippen MR) is 56.5 cm³/mol. The van der Waals surface area contributed by atoms with Gasteiger partial charge in [0.15, 0.2) is 0 Å². The highest BCUT2D eigenvalue weighted by Gasteiger charge is 2.30. The lowest BCUT2D eigenvalue weighted by Gasteiger charge is -2.14. The number of ether oxygens (including phenoxy) is 1. The molecule has 0 aliphatic rings. The number of rotatable bonds is 4. The molecule has 7 heteroatoms. The Morgan fingerprint density at radius 1 is 1.39 bits per heavy atom. The van der Waals surface area contributed by atoms with E-state index in [-0.39, 0.29) is 5.69 Å². The summed E-state index contributed by atoms with van der Waals surface area (Å²) in [5, 5.41) is 2.14. The maximum atomic E-state index is 13.2. The smallest absolute Gasteiger partial charge is 0.359 e. The van der Waals surface area contributed by atoms with E-state index in [0.717, 1.165) is 13.0 Å².